The van der Waals surface area contributed by atoms with Crippen LogP contribution < -0.4 is 4.72 Å². The molecule has 0 heterocycles. The third-order valence-electron chi connectivity index (χ3n) is 3.26. The molecule has 0 radical (unpaired) electrons. The maximum atomic E-state index is 11.9. The van der Waals surface area contributed by atoms with Gasteiger partial charge < -0.3 is 0 Å². The molecule has 4 nitrogen and oxygen atoms in total. The van der Waals surface area contributed by atoms with Gasteiger partial charge in [-0.05, 0) is 36.0 Å². The Balaban J connectivity index is 1.96. The fraction of sp³-hybridized carbons (Fsp3) is 0.462. The first kappa shape index (κ1) is 13.1. The Morgan fingerprint density at radius 2 is 1.94 bits per heavy atom. The van der Waals surface area contributed by atoms with Crippen LogP contribution in [0.2, 0.25) is 0 Å². The third-order valence-corrected chi connectivity index (χ3v) is 4.56. The van der Waals surface area contributed by atoms with Gasteiger partial charge in [0, 0.05) is 6.54 Å². The van der Waals surface area contributed by atoms with E-state index < -0.39 is 10.0 Å². The highest BCUT2D eigenvalue weighted by molar-refractivity contribution is 7.88. The summed E-state index contributed by atoms with van der Waals surface area (Å²) in [5.74, 6) is -0.0329. The molecular formula is C13H16N2O2S. The molecule has 0 aliphatic heterocycles. The van der Waals surface area contributed by atoms with E-state index in [1.54, 1.807) is 24.3 Å². The average Bonchev–Trinajstić information content (AvgIpc) is 3.07. The van der Waals surface area contributed by atoms with Gasteiger partial charge >= 0.3 is 0 Å². The van der Waals surface area contributed by atoms with Gasteiger partial charge in [0.05, 0.1) is 17.4 Å². The second-order valence-electron chi connectivity index (χ2n) is 5.20. The Labute approximate surface area is 108 Å². The van der Waals surface area contributed by atoms with Gasteiger partial charge in [0.1, 0.15) is 0 Å². The number of nitrogens with one attached hydrogen (secondary N) is 1. The summed E-state index contributed by atoms with van der Waals surface area (Å²) in [5.41, 5.74) is 1.40. The number of hydrogen-bond acceptors (Lipinski definition) is 3. The maximum Gasteiger partial charge on any atom is 0.215 e. The van der Waals surface area contributed by atoms with E-state index in [4.69, 9.17) is 5.26 Å². The van der Waals surface area contributed by atoms with Crippen LogP contribution in [0, 0.1) is 16.7 Å². The molecule has 0 saturated heterocycles. The highest BCUT2D eigenvalue weighted by atomic mass is 32.2. The van der Waals surface area contributed by atoms with Gasteiger partial charge in [0.15, 0.2) is 0 Å². The molecule has 1 aliphatic carbocycles. The number of hydrogen-bond donors (Lipinski definition) is 1. The van der Waals surface area contributed by atoms with E-state index in [-0.39, 0.29) is 11.2 Å². The number of rotatable bonds is 5. The number of benzene rings is 1. The molecule has 5 heteroatoms. The van der Waals surface area contributed by atoms with Crippen molar-refractivity contribution in [3.8, 4) is 6.07 Å². The first-order valence-corrected chi connectivity index (χ1v) is 7.54. The van der Waals surface area contributed by atoms with Crippen LogP contribution in [0.4, 0.5) is 0 Å². The second-order valence-corrected chi connectivity index (χ2v) is 7.01. The highest BCUT2D eigenvalue weighted by Gasteiger charge is 2.37. The van der Waals surface area contributed by atoms with Crippen molar-refractivity contribution >= 4 is 10.0 Å². The van der Waals surface area contributed by atoms with Crippen LogP contribution in [0.25, 0.3) is 0 Å². The molecule has 2 rings (SSSR count). The van der Waals surface area contributed by atoms with Crippen molar-refractivity contribution in [1.29, 1.82) is 5.26 Å². The molecule has 1 N–H and O–H groups in total. The monoisotopic (exact) mass is 264 g/mol. The Kier molecular flexibility index (Phi) is 3.42. The first-order chi connectivity index (χ1) is 8.42. The minimum atomic E-state index is -3.28. The van der Waals surface area contributed by atoms with Gasteiger partial charge in [-0.2, -0.15) is 5.26 Å². The average molecular weight is 264 g/mol. The molecule has 1 saturated carbocycles. The summed E-state index contributed by atoms with van der Waals surface area (Å²) in [4.78, 5) is 0. The van der Waals surface area contributed by atoms with Crippen LogP contribution >= 0.6 is 0 Å². The molecule has 0 aromatic heterocycles. The van der Waals surface area contributed by atoms with Crippen LogP contribution in [0.3, 0.4) is 0 Å². The molecule has 0 amide bonds. The minimum Gasteiger partial charge on any atom is -0.214 e. The lowest BCUT2D eigenvalue weighted by molar-refractivity contribution is 0.530. The highest BCUT2D eigenvalue weighted by Crippen LogP contribution is 2.44. The summed E-state index contributed by atoms with van der Waals surface area (Å²) >= 11 is 0. The van der Waals surface area contributed by atoms with Crippen molar-refractivity contribution in [3.05, 3.63) is 35.4 Å². The van der Waals surface area contributed by atoms with E-state index in [1.807, 2.05) is 6.07 Å². The summed E-state index contributed by atoms with van der Waals surface area (Å²) in [6.45, 7) is 2.60. The van der Waals surface area contributed by atoms with Crippen LogP contribution in [0.15, 0.2) is 24.3 Å². The maximum absolute atomic E-state index is 11.9. The van der Waals surface area contributed by atoms with Crippen LogP contribution in [-0.2, 0) is 15.8 Å². The van der Waals surface area contributed by atoms with E-state index in [9.17, 15) is 8.42 Å². The van der Waals surface area contributed by atoms with Crippen molar-refractivity contribution in [2.45, 2.75) is 25.5 Å². The Hall–Kier alpha value is -1.38. The van der Waals surface area contributed by atoms with Crippen LogP contribution in [-0.4, -0.2) is 15.0 Å². The molecular weight excluding hydrogens is 248 g/mol. The van der Waals surface area contributed by atoms with E-state index >= 15 is 0 Å². The standard InChI is InChI=1S/C13H16N2O2S/c1-13(6-7-13)10-15-18(16,17)9-12-4-2-11(8-14)3-5-12/h2-5,15H,6-7,9-10H2,1H3. The number of sulfonamides is 1. The quantitative estimate of drug-likeness (QED) is 0.881. The van der Waals surface area contributed by atoms with E-state index in [1.165, 1.54) is 0 Å². The summed E-state index contributed by atoms with van der Waals surface area (Å²) in [7, 11) is -3.28. The van der Waals surface area contributed by atoms with Gasteiger partial charge in [-0.25, -0.2) is 13.1 Å². The molecule has 1 aromatic carbocycles. The van der Waals surface area contributed by atoms with E-state index in [0.29, 0.717) is 17.7 Å². The summed E-state index contributed by atoms with van der Waals surface area (Å²) in [6, 6.07) is 8.62. The normalized spacial score (nSPS) is 17.1. The summed E-state index contributed by atoms with van der Waals surface area (Å²) in [6.07, 6.45) is 2.18. The van der Waals surface area contributed by atoms with Crippen LogP contribution in [0.1, 0.15) is 30.9 Å². The van der Waals surface area contributed by atoms with Gasteiger partial charge in [-0.1, -0.05) is 19.1 Å². The van der Waals surface area contributed by atoms with Crippen LogP contribution in [0.5, 0.6) is 0 Å². The number of nitriles is 1. The van der Waals surface area contributed by atoms with Gasteiger partial charge in [-0.15, -0.1) is 0 Å². The van der Waals surface area contributed by atoms with Gasteiger partial charge in [0.25, 0.3) is 0 Å². The smallest absolute Gasteiger partial charge is 0.214 e. The lowest BCUT2D eigenvalue weighted by Crippen LogP contribution is -2.30. The first-order valence-electron chi connectivity index (χ1n) is 5.89. The van der Waals surface area contributed by atoms with Crippen molar-refractivity contribution in [2.24, 2.45) is 5.41 Å². The topological polar surface area (TPSA) is 70.0 Å². The largest absolute Gasteiger partial charge is 0.215 e. The fourth-order valence-electron chi connectivity index (χ4n) is 1.62. The molecule has 1 aromatic rings. The molecule has 18 heavy (non-hydrogen) atoms. The molecule has 0 unspecified atom stereocenters. The lowest BCUT2D eigenvalue weighted by atomic mass is 10.2. The zero-order valence-corrected chi connectivity index (χ0v) is 11.1. The van der Waals surface area contributed by atoms with Crippen molar-refractivity contribution in [1.82, 2.24) is 4.72 Å². The minimum absolute atomic E-state index is 0.0329. The molecule has 0 spiro atoms. The molecule has 1 aliphatic rings. The number of nitrogens with zero attached hydrogens (tertiary/aromatic N) is 1. The Bertz CT molecular complexity index is 566. The molecule has 0 atom stereocenters. The third kappa shape index (κ3) is 3.56. The zero-order chi connectivity index (χ0) is 13.2. The van der Waals surface area contributed by atoms with Gasteiger partial charge in [0.2, 0.25) is 10.0 Å². The van der Waals surface area contributed by atoms with E-state index in [0.717, 1.165) is 12.8 Å². The van der Waals surface area contributed by atoms with Gasteiger partial charge in [-0.3, -0.25) is 0 Å². The predicted molar refractivity (Wildman–Crippen MR) is 69.1 cm³/mol. The summed E-state index contributed by atoms with van der Waals surface area (Å²) in [5, 5.41) is 8.66. The molecule has 1 fully saturated rings. The summed E-state index contributed by atoms with van der Waals surface area (Å²) < 4.78 is 26.4. The molecule has 0 bridgehead atoms. The van der Waals surface area contributed by atoms with E-state index in [2.05, 4.69) is 11.6 Å². The SMILES string of the molecule is CC1(CNS(=O)(=O)Cc2ccc(C#N)cc2)CC1. The molecule has 96 valence electrons. The van der Waals surface area contributed by atoms with Crippen molar-refractivity contribution in [3.63, 3.8) is 0 Å². The Morgan fingerprint density at radius 3 is 2.44 bits per heavy atom. The van der Waals surface area contributed by atoms with Crippen molar-refractivity contribution in [2.75, 3.05) is 6.54 Å². The van der Waals surface area contributed by atoms with Crippen molar-refractivity contribution < 1.29 is 8.42 Å². The lowest BCUT2D eigenvalue weighted by Gasteiger charge is -2.10. The predicted octanol–water partition coefficient (Wildman–Crippen LogP) is 1.78. The second kappa shape index (κ2) is 4.71. The fourth-order valence-corrected chi connectivity index (χ4v) is 2.92. The zero-order valence-electron chi connectivity index (χ0n) is 10.3. The Morgan fingerprint density at radius 1 is 1.33 bits per heavy atom.